The van der Waals surface area contributed by atoms with Gasteiger partial charge in [-0.2, -0.15) is 0 Å². The van der Waals surface area contributed by atoms with Crippen LogP contribution >= 0.6 is 0 Å². The number of nitrogens with one attached hydrogen (secondary N) is 1. The van der Waals surface area contributed by atoms with Gasteiger partial charge in [-0.05, 0) is 18.9 Å². The molecule has 2 N–H and O–H groups in total. The van der Waals surface area contributed by atoms with Crippen LogP contribution in [0.5, 0.6) is 0 Å². The molecule has 0 spiro atoms. The molecule has 1 aliphatic rings. The van der Waals surface area contributed by atoms with Crippen LogP contribution in [-0.2, 0) is 4.74 Å². The second-order valence-electron chi connectivity index (χ2n) is 4.24. The second kappa shape index (κ2) is 6.88. The Bertz CT molecular complexity index is 499. The molecule has 0 atom stereocenters. The monoisotopic (exact) mass is 260 g/mol. The van der Waals surface area contributed by atoms with Crippen LogP contribution in [0.3, 0.4) is 0 Å². The average molecular weight is 260 g/mol. The van der Waals surface area contributed by atoms with Crippen LogP contribution < -0.4 is 5.32 Å². The van der Waals surface area contributed by atoms with Crippen LogP contribution in [0.4, 0.5) is 0 Å². The summed E-state index contributed by atoms with van der Waals surface area (Å²) >= 11 is 0. The molecule has 5 nitrogen and oxygen atoms in total. The summed E-state index contributed by atoms with van der Waals surface area (Å²) < 4.78 is 5.25. The Kier molecular flexibility index (Phi) is 4.90. The fourth-order valence-corrected chi connectivity index (χ4v) is 1.93. The second-order valence-corrected chi connectivity index (χ2v) is 4.24. The number of ether oxygens (including phenoxy) is 1. The van der Waals surface area contributed by atoms with Gasteiger partial charge in [-0.15, -0.1) is 0 Å². The summed E-state index contributed by atoms with van der Waals surface area (Å²) in [7, 11) is 0. The van der Waals surface area contributed by atoms with Gasteiger partial charge in [0, 0.05) is 31.6 Å². The molecule has 2 rings (SSSR count). The number of carbonyl (C=O) groups is 1. The van der Waals surface area contributed by atoms with Crippen LogP contribution in [0.25, 0.3) is 0 Å². The van der Waals surface area contributed by atoms with E-state index in [4.69, 9.17) is 9.84 Å². The largest absolute Gasteiger partial charge is 0.384 e. The maximum Gasteiger partial charge on any atom is 0.252 e. The Morgan fingerprint density at radius 1 is 1.53 bits per heavy atom. The number of hydrogen-bond donors (Lipinski definition) is 2. The smallest absolute Gasteiger partial charge is 0.252 e. The Hall–Kier alpha value is -1.90. The number of rotatable bonds is 2. The average Bonchev–Trinajstić information content (AvgIpc) is 2.46. The number of aliphatic hydroxyl groups is 1. The molecule has 19 heavy (non-hydrogen) atoms. The zero-order valence-corrected chi connectivity index (χ0v) is 10.6. The van der Waals surface area contributed by atoms with Crippen LogP contribution in [0, 0.1) is 11.8 Å². The Balaban J connectivity index is 2.09. The van der Waals surface area contributed by atoms with E-state index in [1.165, 1.54) is 6.20 Å². The molecule has 2 heterocycles. The summed E-state index contributed by atoms with van der Waals surface area (Å²) in [6, 6.07) is 1.78. The topological polar surface area (TPSA) is 71.5 Å². The minimum absolute atomic E-state index is 0.146. The molecule has 1 aromatic heterocycles. The predicted octanol–water partition coefficient (Wildman–Crippen LogP) is 0.334. The van der Waals surface area contributed by atoms with Gasteiger partial charge in [-0.25, -0.2) is 0 Å². The summed E-state index contributed by atoms with van der Waals surface area (Å²) in [4.78, 5) is 16.1. The van der Waals surface area contributed by atoms with Gasteiger partial charge >= 0.3 is 0 Å². The molecular weight excluding hydrogens is 244 g/mol. The van der Waals surface area contributed by atoms with E-state index in [1.807, 2.05) is 0 Å². The van der Waals surface area contributed by atoms with Crippen molar-refractivity contribution in [2.24, 2.45) is 0 Å². The quantitative estimate of drug-likeness (QED) is 0.752. The number of nitrogens with zero attached hydrogens (tertiary/aromatic N) is 1. The molecular formula is C14H16N2O3. The lowest BCUT2D eigenvalue weighted by atomic mass is 10.1. The van der Waals surface area contributed by atoms with Gasteiger partial charge < -0.3 is 15.2 Å². The molecule has 1 fully saturated rings. The summed E-state index contributed by atoms with van der Waals surface area (Å²) in [6.07, 6.45) is 4.74. The first kappa shape index (κ1) is 13.5. The standard InChI is InChI=1S/C14H16N2O3/c17-7-1-2-11-10-15-6-3-13(11)14(18)16-12-4-8-19-9-5-12/h3,6,10,12,17H,4-5,7-9H2,(H,16,18). The first-order valence-corrected chi connectivity index (χ1v) is 6.23. The van der Waals surface area contributed by atoms with E-state index in [-0.39, 0.29) is 18.6 Å². The van der Waals surface area contributed by atoms with Crippen molar-refractivity contribution in [2.45, 2.75) is 18.9 Å². The molecule has 1 aliphatic heterocycles. The van der Waals surface area contributed by atoms with Crippen molar-refractivity contribution in [2.75, 3.05) is 19.8 Å². The van der Waals surface area contributed by atoms with Gasteiger partial charge in [0.05, 0.1) is 11.1 Å². The molecule has 5 heteroatoms. The zero-order valence-electron chi connectivity index (χ0n) is 10.6. The van der Waals surface area contributed by atoms with Crippen LogP contribution in [0.15, 0.2) is 18.5 Å². The summed E-state index contributed by atoms with van der Waals surface area (Å²) in [5.74, 6) is 5.11. The predicted molar refractivity (Wildman–Crippen MR) is 69.5 cm³/mol. The molecule has 0 radical (unpaired) electrons. The number of hydrogen-bond acceptors (Lipinski definition) is 4. The summed E-state index contributed by atoms with van der Waals surface area (Å²) in [5, 5.41) is 11.7. The highest BCUT2D eigenvalue weighted by Gasteiger charge is 2.18. The third-order valence-corrected chi connectivity index (χ3v) is 2.92. The number of aromatic nitrogens is 1. The van der Waals surface area contributed by atoms with Gasteiger partial charge in [0.15, 0.2) is 0 Å². The molecule has 1 saturated heterocycles. The normalized spacial score (nSPS) is 15.4. The highest BCUT2D eigenvalue weighted by Crippen LogP contribution is 2.10. The van der Waals surface area contributed by atoms with Crippen molar-refractivity contribution >= 4 is 5.91 Å². The van der Waals surface area contributed by atoms with Crippen LogP contribution in [-0.4, -0.2) is 41.9 Å². The minimum atomic E-state index is -0.240. The van der Waals surface area contributed by atoms with Crippen molar-refractivity contribution in [1.82, 2.24) is 10.3 Å². The molecule has 1 amide bonds. The Morgan fingerprint density at radius 2 is 2.32 bits per heavy atom. The summed E-state index contributed by atoms with van der Waals surface area (Å²) in [6.45, 7) is 1.12. The molecule has 0 bridgehead atoms. The van der Waals surface area contributed by atoms with Crippen molar-refractivity contribution < 1.29 is 14.6 Å². The highest BCUT2D eigenvalue weighted by molar-refractivity contribution is 5.96. The van der Waals surface area contributed by atoms with E-state index in [1.54, 1.807) is 12.3 Å². The first-order chi connectivity index (χ1) is 9.31. The van der Waals surface area contributed by atoms with E-state index < -0.39 is 0 Å². The first-order valence-electron chi connectivity index (χ1n) is 6.23. The van der Waals surface area contributed by atoms with Crippen molar-refractivity contribution in [3.05, 3.63) is 29.6 Å². The number of carbonyl (C=O) groups excluding carboxylic acids is 1. The SMILES string of the molecule is O=C(NC1CCOCC1)c1ccncc1C#CCO. The van der Waals surface area contributed by atoms with E-state index in [0.717, 1.165) is 12.8 Å². The summed E-state index contributed by atoms with van der Waals surface area (Å²) in [5.41, 5.74) is 1.02. The van der Waals surface area contributed by atoms with Gasteiger partial charge in [0.1, 0.15) is 6.61 Å². The lowest BCUT2D eigenvalue weighted by Gasteiger charge is -2.23. The van der Waals surface area contributed by atoms with E-state index >= 15 is 0 Å². The number of pyridine rings is 1. The maximum atomic E-state index is 12.2. The molecule has 0 saturated carbocycles. The zero-order chi connectivity index (χ0) is 13.5. The van der Waals surface area contributed by atoms with E-state index in [9.17, 15) is 4.79 Å². The number of amides is 1. The highest BCUT2D eigenvalue weighted by atomic mass is 16.5. The molecule has 100 valence electrons. The van der Waals surface area contributed by atoms with Crippen molar-refractivity contribution in [1.29, 1.82) is 0 Å². The molecule has 0 unspecified atom stereocenters. The lowest BCUT2D eigenvalue weighted by molar-refractivity contribution is 0.0696. The fourth-order valence-electron chi connectivity index (χ4n) is 1.93. The molecule has 1 aromatic rings. The third kappa shape index (κ3) is 3.78. The van der Waals surface area contributed by atoms with Gasteiger partial charge in [0.2, 0.25) is 0 Å². The van der Waals surface area contributed by atoms with Gasteiger partial charge in [0.25, 0.3) is 5.91 Å². The van der Waals surface area contributed by atoms with Crippen molar-refractivity contribution in [3.63, 3.8) is 0 Å². The lowest BCUT2D eigenvalue weighted by Crippen LogP contribution is -2.39. The van der Waals surface area contributed by atoms with Crippen molar-refractivity contribution in [3.8, 4) is 11.8 Å². The maximum absolute atomic E-state index is 12.2. The molecule has 0 aromatic carbocycles. The van der Waals surface area contributed by atoms with Crippen LogP contribution in [0.1, 0.15) is 28.8 Å². The fraction of sp³-hybridized carbons (Fsp3) is 0.429. The number of aliphatic hydroxyl groups excluding tert-OH is 1. The van der Waals surface area contributed by atoms with E-state index in [0.29, 0.717) is 24.3 Å². The Morgan fingerprint density at radius 3 is 3.05 bits per heavy atom. The van der Waals surface area contributed by atoms with E-state index in [2.05, 4.69) is 22.1 Å². The van der Waals surface area contributed by atoms with Gasteiger partial charge in [-0.1, -0.05) is 11.8 Å². The third-order valence-electron chi connectivity index (χ3n) is 2.92. The Labute approximate surface area is 112 Å². The van der Waals surface area contributed by atoms with Gasteiger partial charge in [-0.3, -0.25) is 9.78 Å². The minimum Gasteiger partial charge on any atom is -0.384 e. The van der Waals surface area contributed by atoms with Crippen LogP contribution in [0.2, 0.25) is 0 Å². The molecule has 0 aliphatic carbocycles.